The van der Waals surface area contributed by atoms with Crippen LogP contribution in [0.1, 0.15) is 6.92 Å². The second kappa shape index (κ2) is 7.10. The van der Waals surface area contributed by atoms with Crippen molar-refractivity contribution < 1.29 is 19.5 Å². The Balaban J connectivity index is 2.27. The summed E-state index contributed by atoms with van der Waals surface area (Å²) < 4.78 is 5.37. The van der Waals surface area contributed by atoms with E-state index in [2.05, 4.69) is 10.2 Å². The molecule has 1 atom stereocenters. The largest absolute Gasteiger partial charge is 0.481 e. The average molecular weight is 254 g/mol. The summed E-state index contributed by atoms with van der Waals surface area (Å²) in [7, 11) is 0. The summed E-state index contributed by atoms with van der Waals surface area (Å²) in [4.78, 5) is 25.5. The first-order valence-corrected chi connectivity index (χ1v) is 5.36. The fraction of sp³-hybridized carbons (Fsp3) is 0.364. The molecular formula is C11H14N2O5. The van der Waals surface area contributed by atoms with Crippen LogP contribution >= 0.6 is 0 Å². The molecule has 0 aliphatic carbocycles. The number of hydrogen-bond donors (Lipinski definition) is 1. The van der Waals surface area contributed by atoms with Crippen LogP contribution in [-0.2, 0) is 9.63 Å². The van der Waals surface area contributed by atoms with E-state index in [0.717, 1.165) is 0 Å². The van der Waals surface area contributed by atoms with Crippen LogP contribution in [0.5, 0.6) is 5.75 Å². The molecule has 0 aliphatic heterocycles. The average Bonchev–Trinajstić information content (AvgIpc) is 2.35. The zero-order valence-electron chi connectivity index (χ0n) is 9.87. The maximum absolute atomic E-state index is 11.5. The lowest BCUT2D eigenvalue weighted by molar-refractivity contribution is -0.757. The molecule has 0 heterocycles. The molecule has 1 rings (SSSR count). The van der Waals surface area contributed by atoms with E-state index in [1.165, 1.54) is 0 Å². The molecule has 98 valence electrons. The number of hydrogen-bond acceptors (Lipinski definition) is 5. The van der Waals surface area contributed by atoms with Crippen LogP contribution < -0.4 is 10.1 Å². The molecule has 0 fully saturated rings. The third-order valence-electron chi connectivity index (χ3n) is 2.02. The van der Waals surface area contributed by atoms with E-state index >= 15 is 0 Å². The summed E-state index contributed by atoms with van der Waals surface area (Å²) in [6.45, 7) is 1.47. The summed E-state index contributed by atoms with van der Waals surface area (Å²) >= 11 is 0. The van der Waals surface area contributed by atoms with Gasteiger partial charge in [-0.15, -0.1) is 10.1 Å². The first-order chi connectivity index (χ1) is 8.59. The molecule has 0 spiro atoms. The molecule has 0 aromatic heterocycles. The Morgan fingerprint density at radius 2 is 2.11 bits per heavy atom. The normalized spacial score (nSPS) is 11.4. The maximum Gasteiger partial charge on any atom is 0.294 e. The fourth-order valence-electron chi connectivity index (χ4n) is 1.19. The number of nitrogens with zero attached hydrogens (tertiary/aromatic N) is 1. The summed E-state index contributed by atoms with van der Waals surface area (Å²) in [5, 5.41) is 11.4. The number of rotatable bonds is 7. The van der Waals surface area contributed by atoms with E-state index in [-0.39, 0.29) is 19.1 Å². The number of ether oxygens (including phenoxy) is 1. The van der Waals surface area contributed by atoms with E-state index in [1.807, 2.05) is 6.07 Å². The van der Waals surface area contributed by atoms with Gasteiger partial charge in [-0.2, -0.15) is 0 Å². The highest BCUT2D eigenvalue weighted by Crippen LogP contribution is 2.10. The lowest BCUT2D eigenvalue weighted by Crippen LogP contribution is -2.38. The van der Waals surface area contributed by atoms with Gasteiger partial charge < -0.3 is 14.9 Å². The number of carbonyl (C=O) groups excluding carboxylic acids is 1. The van der Waals surface area contributed by atoms with Gasteiger partial charge in [-0.3, -0.25) is 4.79 Å². The van der Waals surface area contributed by atoms with Crippen molar-refractivity contribution in [1.82, 2.24) is 5.32 Å². The Hall–Kier alpha value is -2.31. The second-order valence-corrected chi connectivity index (χ2v) is 3.42. The molecule has 1 aromatic carbocycles. The fourth-order valence-corrected chi connectivity index (χ4v) is 1.19. The van der Waals surface area contributed by atoms with Crippen LogP contribution in [-0.4, -0.2) is 30.2 Å². The van der Waals surface area contributed by atoms with Crippen molar-refractivity contribution in [2.24, 2.45) is 0 Å². The van der Waals surface area contributed by atoms with Crippen LogP contribution in [0.15, 0.2) is 30.3 Å². The minimum atomic E-state index is -0.907. The molecule has 1 unspecified atom stereocenters. The number of benzene rings is 1. The van der Waals surface area contributed by atoms with Gasteiger partial charge in [0.05, 0.1) is 0 Å². The number of para-hydroxylation sites is 1. The summed E-state index contributed by atoms with van der Waals surface area (Å²) in [5.41, 5.74) is 0. The van der Waals surface area contributed by atoms with E-state index in [4.69, 9.17) is 4.74 Å². The minimum absolute atomic E-state index is 0.0578. The van der Waals surface area contributed by atoms with Crippen LogP contribution in [0.4, 0.5) is 0 Å². The third-order valence-corrected chi connectivity index (χ3v) is 2.02. The molecular weight excluding hydrogens is 240 g/mol. The predicted molar refractivity (Wildman–Crippen MR) is 62.5 cm³/mol. The van der Waals surface area contributed by atoms with Crippen molar-refractivity contribution in [2.45, 2.75) is 13.0 Å². The molecule has 7 heteroatoms. The van der Waals surface area contributed by atoms with Crippen LogP contribution in [0.25, 0.3) is 0 Å². The van der Waals surface area contributed by atoms with Crippen molar-refractivity contribution >= 4 is 5.91 Å². The van der Waals surface area contributed by atoms with Gasteiger partial charge in [-0.1, -0.05) is 18.2 Å². The third kappa shape index (κ3) is 5.15. The molecule has 0 saturated carbocycles. The molecule has 0 aliphatic rings. The van der Waals surface area contributed by atoms with Gasteiger partial charge in [0, 0.05) is 6.54 Å². The lowest BCUT2D eigenvalue weighted by atomic mass is 10.3. The van der Waals surface area contributed by atoms with Gasteiger partial charge in [0.25, 0.3) is 11.0 Å². The van der Waals surface area contributed by atoms with Gasteiger partial charge in [0.1, 0.15) is 12.4 Å². The molecule has 18 heavy (non-hydrogen) atoms. The van der Waals surface area contributed by atoms with Crippen molar-refractivity contribution in [2.75, 3.05) is 13.2 Å². The molecule has 1 amide bonds. The molecule has 1 aromatic rings. The second-order valence-electron chi connectivity index (χ2n) is 3.42. The SMILES string of the molecule is CC(Oc1ccccc1)C(=O)NCCO[N+](=O)[O-]. The Labute approximate surface area is 104 Å². The first kappa shape index (κ1) is 13.8. The quantitative estimate of drug-likeness (QED) is 0.441. The van der Waals surface area contributed by atoms with Crippen LogP contribution in [0.3, 0.4) is 0 Å². The van der Waals surface area contributed by atoms with Gasteiger partial charge in [-0.25, -0.2) is 0 Å². The predicted octanol–water partition coefficient (Wildman–Crippen LogP) is 0.778. The zero-order valence-corrected chi connectivity index (χ0v) is 9.87. The zero-order chi connectivity index (χ0) is 13.4. The van der Waals surface area contributed by atoms with Gasteiger partial charge in [-0.05, 0) is 19.1 Å². The van der Waals surface area contributed by atoms with E-state index < -0.39 is 11.2 Å². The smallest absolute Gasteiger partial charge is 0.294 e. The lowest BCUT2D eigenvalue weighted by Gasteiger charge is -2.14. The van der Waals surface area contributed by atoms with Gasteiger partial charge in [0.2, 0.25) is 0 Å². The van der Waals surface area contributed by atoms with Crippen LogP contribution in [0, 0.1) is 10.1 Å². The molecule has 0 saturated heterocycles. The van der Waals surface area contributed by atoms with Gasteiger partial charge >= 0.3 is 0 Å². The van der Waals surface area contributed by atoms with E-state index in [0.29, 0.717) is 5.75 Å². The van der Waals surface area contributed by atoms with Crippen molar-refractivity contribution in [3.63, 3.8) is 0 Å². The van der Waals surface area contributed by atoms with Crippen molar-refractivity contribution in [3.8, 4) is 5.75 Å². The topological polar surface area (TPSA) is 90.7 Å². The van der Waals surface area contributed by atoms with Crippen LogP contribution in [0.2, 0.25) is 0 Å². The maximum atomic E-state index is 11.5. The summed E-state index contributed by atoms with van der Waals surface area (Å²) in [5.74, 6) is 0.229. The van der Waals surface area contributed by atoms with Crippen molar-refractivity contribution in [1.29, 1.82) is 0 Å². The Morgan fingerprint density at radius 1 is 1.44 bits per heavy atom. The highest BCUT2D eigenvalue weighted by molar-refractivity contribution is 5.80. The van der Waals surface area contributed by atoms with E-state index in [9.17, 15) is 14.9 Å². The number of amides is 1. The molecule has 0 bridgehead atoms. The Morgan fingerprint density at radius 3 is 2.72 bits per heavy atom. The standard InChI is InChI=1S/C11H14N2O5/c1-9(18-10-5-3-2-4-6-10)11(14)12-7-8-17-13(15)16/h2-6,9H,7-8H2,1H3,(H,12,14). The summed E-state index contributed by atoms with van der Waals surface area (Å²) in [6.07, 6.45) is -0.678. The molecule has 1 N–H and O–H groups in total. The Bertz CT molecular complexity index is 396. The highest BCUT2D eigenvalue weighted by atomic mass is 16.9. The minimum Gasteiger partial charge on any atom is -0.481 e. The molecule has 7 nitrogen and oxygen atoms in total. The number of carbonyl (C=O) groups is 1. The van der Waals surface area contributed by atoms with Crippen molar-refractivity contribution in [3.05, 3.63) is 40.4 Å². The highest BCUT2D eigenvalue weighted by Gasteiger charge is 2.13. The van der Waals surface area contributed by atoms with Gasteiger partial charge in [0.15, 0.2) is 6.10 Å². The number of nitrogens with one attached hydrogen (secondary N) is 1. The first-order valence-electron chi connectivity index (χ1n) is 5.36. The van der Waals surface area contributed by atoms with E-state index in [1.54, 1.807) is 31.2 Å². The monoisotopic (exact) mass is 254 g/mol. The summed E-state index contributed by atoms with van der Waals surface area (Å²) in [6, 6.07) is 8.90. The Kier molecular flexibility index (Phi) is 5.43. The molecule has 0 radical (unpaired) electrons.